The van der Waals surface area contributed by atoms with Gasteiger partial charge in [0, 0.05) is 16.1 Å². The minimum absolute atomic E-state index is 0.203. The zero-order valence-corrected chi connectivity index (χ0v) is 14.4. The van der Waals surface area contributed by atoms with E-state index in [9.17, 15) is 4.79 Å². The number of rotatable bonds is 3. The van der Waals surface area contributed by atoms with Crippen LogP contribution in [0.25, 0.3) is 0 Å². The van der Waals surface area contributed by atoms with Crippen molar-refractivity contribution >= 4 is 27.5 Å². The quantitative estimate of drug-likeness (QED) is 0.664. The van der Waals surface area contributed by atoms with Crippen LogP contribution < -0.4 is 5.43 Å². The van der Waals surface area contributed by atoms with Gasteiger partial charge in [-0.25, -0.2) is 5.43 Å². The standard InChI is InChI=1S/C17H18BrN3O/c1-17(2,3)15(12-7-9-13(18)10-8-12)20-21-16(22)14-6-4-5-11-19-14/h4-11H,1-3H3,(H,21,22). The lowest BCUT2D eigenvalue weighted by molar-refractivity contribution is 0.0949. The Morgan fingerprint density at radius 3 is 2.36 bits per heavy atom. The van der Waals surface area contributed by atoms with Crippen LogP contribution in [0.3, 0.4) is 0 Å². The van der Waals surface area contributed by atoms with Crippen LogP contribution in [0.15, 0.2) is 58.2 Å². The van der Waals surface area contributed by atoms with E-state index in [4.69, 9.17) is 0 Å². The van der Waals surface area contributed by atoms with Crippen LogP contribution in [0.5, 0.6) is 0 Å². The molecular weight excluding hydrogens is 342 g/mol. The summed E-state index contributed by atoms with van der Waals surface area (Å²) in [5.41, 5.74) is 4.51. The van der Waals surface area contributed by atoms with Crippen molar-refractivity contribution in [1.82, 2.24) is 10.4 Å². The molecule has 0 atom stereocenters. The van der Waals surface area contributed by atoms with Gasteiger partial charge in [0.15, 0.2) is 0 Å². The summed E-state index contributed by atoms with van der Waals surface area (Å²) in [6, 6.07) is 13.0. The van der Waals surface area contributed by atoms with Crippen LogP contribution in [0.2, 0.25) is 0 Å². The summed E-state index contributed by atoms with van der Waals surface area (Å²) in [4.78, 5) is 16.1. The summed E-state index contributed by atoms with van der Waals surface area (Å²) < 4.78 is 1.00. The molecular formula is C17H18BrN3O. The Balaban J connectivity index is 2.27. The molecule has 2 rings (SSSR count). The molecule has 114 valence electrons. The number of nitrogens with zero attached hydrogens (tertiary/aromatic N) is 2. The third-order valence-corrected chi connectivity index (χ3v) is 3.52. The molecule has 22 heavy (non-hydrogen) atoms. The normalized spacial score (nSPS) is 12.1. The Bertz CT molecular complexity index is 673. The number of hydrazone groups is 1. The molecule has 1 aromatic carbocycles. The highest BCUT2D eigenvalue weighted by Crippen LogP contribution is 2.23. The lowest BCUT2D eigenvalue weighted by Crippen LogP contribution is -2.27. The highest BCUT2D eigenvalue weighted by molar-refractivity contribution is 9.10. The maximum absolute atomic E-state index is 12.1. The maximum atomic E-state index is 12.1. The number of hydrogen-bond donors (Lipinski definition) is 1. The summed E-state index contributed by atoms with van der Waals surface area (Å²) in [5.74, 6) is -0.320. The second kappa shape index (κ2) is 6.83. The molecule has 0 saturated heterocycles. The second-order valence-electron chi connectivity index (χ2n) is 5.87. The maximum Gasteiger partial charge on any atom is 0.289 e. The first kappa shape index (κ1) is 16.4. The predicted octanol–water partition coefficient (Wildman–Crippen LogP) is 4.02. The third-order valence-electron chi connectivity index (χ3n) is 2.99. The van der Waals surface area contributed by atoms with Crippen molar-refractivity contribution in [3.8, 4) is 0 Å². The zero-order valence-electron chi connectivity index (χ0n) is 12.8. The van der Waals surface area contributed by atoms with Gasteiger partial charge in [0.25, 0.3) is 5.91 Å². The Morgan fingerprint density at radius 2 is 1.82 bits per heavy atom. The minimum Gasteiger partial charge on any atom is -0.266 e. The molecule has 0 radical (unpaired) electrons. The number of carbonyl (C=O) groups excluding carboxylic acids is 1. The summed E-state index contributed by atoms with van der Waals surface area (Å²) >= 11 is 3.42. The molecule has 1 aromatic heterocycles. The lowest BCUT2D eigenvalue weighted by Gasteiger charge is -2.21. The molecule has 0 bridgehead atoms. The van der Waals surface area contributed by atoms with Crippen LogP contribution in [-0.2, 0) is 0 Å². The Labute approximate surface area is 138 Å². The largest absolute Gasteiger partial charge is 0.289 e. The first-order valence-corrected chi connectivity index (χ1v) is 7.73. The predicted molar refractivity (Wildman–Crippen MR) is 91.8 cm³/mol. The smallest absolute Gasteiger partial charge is 0.266 e. The van der Waals surface area contributed by atoms with E-state index in [1.807, 2.05) is 24.3 Å². The Morgan fingerprint density at radius 1 is 1.14 bits per heavy atom. The van der Waals surface area contributed by atoms with Crippen LogP contribution in [-0.4, -0.2) is 16.6 Å². The van der Waals surface area contributed by atoms with E-state index in [1.54, 1.807) is 24.4 Å². The number of nitrogens with one attached hydrogen (secondary N) is 1. The zero-order chi connectivity index (χ0) is 16.2. The van der Waals surface area contributed by atoms with Gasteiger partial charge >= 0.3 is 0 Å². The average molecular weight is 360 g/mol. The number of hydrogen-bond acceptors (Lipinski definition) is 3. The van der Waals surface area contributed by atoms with Crippen molar-refractivity contribution in [2.75, 3.05) is 0 Å². The number of benzene rings is 1. The van der Waals surface area contributed by atoms with Gasteiger partial charge < -0.3 is 0 Å². The number of amides is 1. The summed E-state index contributed by atoms with van der Waals surface area (Å²) in [7, 11) is 0. The fourth-order valence-electron chi connectivity index (χ4n) is 1.93. The van der Waals surface area contributed by atoms with Gasteiger partial charge in [-0.15, -0.1) is 0 Å². The average Bonchev–Trinajstić information content (AvgIpc) is 2.48. The second-order valence-corrected chi connectivity index (χ2v) is 6.79. The Kier molecular flexibility index (Phi) is 5.08. The van der Waals surface area contributed by atoms with Crippen molar-refractivity contribution in [2.45, 2.75) is 20.8 Å². The van der Waals surface area contributed by atoms with Crippen molar-refractivity contribution in [2.24, 2.45) is 10.5 Å². The van der Waals surface area contributed by atoms with Crippen LogP contribution >= 0.6 is 15.9 Å². The summed E-state index contributed by atoms with van der Waals surface area (Å²) in [6.07, 6.45) is 1.58. The summed E-state index contributed by atoms with van der Waals surface area (Å²) in [5, 5.41) is 4.33. The lowest BCUT2D eigenvalue weighted by atomic mass is 9.86. The molecule has 0 aliphatic heterocycles. The van der Waals surface area contributed by atoms with Gasteiger partial charge in [-0.1, -0.05) is 54.9 Å². The van der Waals surface area contributed by atoms with Gasteiger partial charge in [-0.2, -0.15) is 5.10 Å². The molecule has 0 unspecified atom stereocenters. The van der Waals surface area contributed by atoms with E-state index < -0.39 is 0 Å². The van der Waals surface area contributed by atoms with Gasteiger partial charge in [0.2, 0.25) is 0 Å². The van der Waals surface area contributed by atoms with Crippen LogP contribution in [0.1, 0.15) is 36.8 Å². The minimum atomic E-state index is -0.320. The van der Waals surface area contributed by atoms with Gasteiger partial charge in [-0.05, 0) is 29.8 Å². The van der Waals surface area contributed by atoms with Crippen LogP contribution in [0, 0.1) is 5.41 Å². The molecule has 1 amide bonds. The number of pyridine rings is 1. The van der Waals surface area contributed by atoms with Gasteiger partial charge in [-0.3, -0.25) is 9.78 Å². The van der Waals surface area contributed by atoms with Crippen molar-refractivity contribution in [1.29, 1.82) is 0 Å². The molecule has 0 aliphatic rings. The molecule has 1 N–H and O–H groups in total. The fraction of sp³-hybridized carbons (Fsp3) is 0.235. The first-order valence-electron chi connectivity index (χ1n) is 6.93. The molecule has 4 nitrogen and oxygen atoms in total. The number of carbonyl (C=O) groups is 1. The molecule has 0 saturated carbocycles. The van der Waals surface area contributed by atoms with E-state index >= 15 is 0 Å². The molecule has 2 aromatic rings. The Hall–Kier alpha value is -2.01. The highest BCUT2D eigenvalue weighted by Gasteiger charge is 2.21. The van der Waals surface area contributed by atoms with E-state index in [-0.39, 0.29) is 11.3 Å². The monoisotopic (exact) mass is 359 g/mol. The number of aromatic nitrogens is 1. The van der Waals surface area contributed by atoms with Crippen molar-refractivity contribution in [3.63, 3.8) is 0 Å². The molecule has 0 fully saturated rings. The van der Waals surface area contributed by atoms with E-state index in [0.29, 0.717) is 5.69 Å². The van der Waals surface area contributed by atoms with Gasteiger partial charge in [0.1, 0.15) is 5.69 Å². The molecule has 0 spiro atoms. The SMILES string of the molecule is CC(C)(C)C(=NNC(=O)c1ccccn1)c1ccc(Br)cc1. The summed E-state index contributed by atoms with van der Waals surface area (Å²) in [6.45, 7) is 6.17. The van der Waals surface area contributed by atoms with E-state index in [0.717, 1.165) is 15.7 Å². The van der Waals surface area contributed by atoms with E-state index in [2.05, 4.69) is 52.2 Å². The van der Waals surface area contributed by atoms with Crippen molar-refractivity contribution in [3.05, 3.63) is 64.4 Å². The molecule has 5 heteroatoms. The molecule has 1 heterocycles. The van der Waals surface area contributed by atoms with Crippen molar-refractivity contribution < 1.29 is 4.79 Å². The third kappa shape index (κ3) is 4.24. The van der Waals surface area contributed by atoms with Crippen LogP contribution in [0.4, 0.5) is 0 Å². The first-order chi connectivity index (χ1) is 10.4. The van der Waals surface area contributed by atoms with Gasteiger partial charge in [0.05, 0.1) is 5.71 Å². The topological polar surface area (TPSA) is 54.4 Å². The fourth-order valence-corrected chi connectivity index (χ4v) is 2.20. The molecule has 0 aliphatic carbocycles. The number of halogens is 1. The highest BCUT2D eigenvalue weighted by atomic mass is 79.9. The van der Waals surface area contributed by atoms with E-state index in [1.165, 1.54) is 0 Å².